The Hall–Kier alpha value is -1.81. The van der Waals surface area contributed by atoms with E-state index in [-0.39, 0.29) is 10.8 Å². The van der Waals surface area contributed by atoms with Crippen LogP contribution in [0.25, 0.3) is 0 Å². The van der Waals surface area contributed by atoms with Gasteiger partial charge < -0.3 is 0 Å². The SMILES string of the molecule is CC1CC(C)CN(Cc2csc(NC(=O)c3ccc(S(=O)(=O)N4CCCC4)cc3)n2)C1. The van der Waals surface area contributed by atoms with E-state index in [9.17, 15) is 13.2 Å². The summed E-state index contributed by atoms with van der Waals surface area (Å²) in [5.74, 6) is 1.10. The van der Waals surface area contributed by atoms with Gasteiger partial charge in [0.05, 0.1) is 10.6 Å². The Morgan fingerprint density at radius 2 is 1.77 bits per heavy atom. The molecule has 9 heteroatoms. The molecule has 1 N–H and O–H groups in total. The van der Waals surface area contributed by atoms with E-state index in [2.05, 4.69) is 29.0 Å². The third-order valence-corrected chi connectivity index (χ3v) is 8.64. The van der Waals surface area contributed by atoms with Gasteiger partial charge in [0.2, 0.25) is 10.0 Å². The topological polar surface area (TPSA) is 82.6 Å². The van der Waals surface area contributed by atoms with Gasteiger partial charge >= 0.3 is 0 Å². The van der Waals surface area contributed by atoms with E-state index in [4.69, 9.17) is 0 Å². The van der Waals surface area contributed by atoms with Gasteiger partial charge in [-0.05, 0) is 55.4 Å². The molecule has 2 saturated heterocycles. The molecule has 0 saturated carbocycles. The summed E-state index contributed by atoms with van der Waals surface area (Å²) < 4.78 is 26.8. The zero-order valence-electron chi connectivity index (χ0n) is 18.1. The fourth-order valence-electron chi connectivity index (χ4n) is 4.61. The molecule has 7 nitrogen and oxygen atoms in total. The Morgan fingerprint density at radius 1 is 1.13 bits per heavy atom. The zero-order chi connectivity index (χ0) is 22.0. The molecule has 0 radical (unpaired) electrons. The van der Waals surface area contributed by atoms with E-state index in [1.165, 1.54) is 34.2 Å². The second-order valence-electron chi connectivity index (χ2n) is 8.87. The standard InChI is InChI=1S/C22H30N4O3S2/c1-16-11-17(2)13-25(12-16)14-19-15-30-22(23-19)24-21(27)18-5-7-20(8-6-18)31(28,29)26-9-3-4-10-26/h5-8,15-17H,3-4,9-14H2,1-2H3,(H,23,24,27). The van der Waals surface area contributed by atoms with Crippen LogP contribution in [-0.2, 0) is 16.6 Å². The Balaban J connectivity index is 1.36. The largest absolute Gasteiger partial charge is 0.298 e. The Morgan fingerprint density at radius 3 is 2.42 bits per heavy atom. The highest BCUT2D eigenvalue weighted by Crippen LogP contribution is 2.25. The predicted molar refractivity (Wildman–Crippen MR) is 123 cm³/mol. The van der Waals surface area contributed by atoms with Crippen molar-refractivity contribution in [1.82, 2.24) is 14.2 Å². The number of carbonyl (C=O) groups excluding carboxylic acids is 1. The molecular weight excluding hydrogens is 432 g/mol. The van der Waals surface area contributed by atoms with Crippen LogP contribution in [-0.4, -0.2) is 54.7 Å². The number of anilines is 1. The summed E-state index contributed by atoms with van der Waals surface area (Å²) in [5.41, 5.74) is 1.38. The van der Waals surface area contributed by atoms with Crippen molar-refractivity contribution >= 4 is 32.4 Å². The van der Waals surface area contributed by atoms with E-state index in [1.807, 2.05) is 5.38 Å². The lowest BCUT2D eigenvalue weighted by atomic mass is 9.92. The molecule has 4 rings (SSSR count). The van der Waals surface area contributed by atoms with Crippen molar-refractivity contribution in [1.29, 1.82) is 0 Å². The van der Waals surface area contributed by atoms with E-state index < -0.39 is 10.0 Å². The number of rotatable bonds is 6. The van der Waals surface area contributed by atoms with Crippen molar-refractivity contribution in [2.45, 2.75) is 44.6 Å². The summed E-state index contributed by atoms with van der Waals surface area (Å²) >= 11 is 1.41. The number of hydrogen-bond acceptors (Lipinski definition) is 6. The first-order valence-corrected chi connectivity index (χ1v) is 13.2. The number of sulfonamides is 1. The van der Waals surface area contributed by atoms with Crippen LogP contribution in [0.4, 0.5) is 5.13 Å². The molecule has 0 bridgehead atoms. The maximum Gasteiger partial charge on any atom is 0.257 e. The molecule has 1 amide bonds. The third kappa shape index (κ3) is 5.34. The number of likely N-dealkylation sites (tertiary alicyclic amines) is 1. The fraction of sp³-hybridized carbons (Fsp3) is 0.545. The quantitative estimate of drug-likeness (QED) is 0.708. The maximum atomic E-state index is 12.6. The van der Waals surface area contributed by atoms with Crippen molar-refractivity contribution in [2.75, 3.05) is 31.5 Å². The monoisotopic (exact) mass is 462 g/mol. The first kappa shape index (κ1) is 22.4. The van der Waals surface area contributed by atoms with Crippen LogP contribution in [0.1, 0.15) is 49.2 Å². The fourth-order valence-corrected chi connectivity index (χ4v) is 6.83. The van der Waals surface area contributed by atoms with Gasteiger partial charge in [-0.2, -0.15) is 4.31 Å². The third-order valence-electron chi connectivity index (χ3n) is 5.92. The van der Waals surface area contributed by atoms with Gasteiger partial charge in [0.1, 0.15) is 0 Å². The number of aromatic nitrogens is 1. The highest BCUT2D eigenvalue weighted by Gasteiger charge is 2.27. The van der Waals surface area contributed by atoms with Gasteiger partial charge in [-0.25, -0.2) is 13.4 Å². The number of nitrogens with one attached hydrogen (secondary N) is 1. The number of hydrogen-bond donors (Lipinski definition) is 1. The van der Waals surface area contributed by atoms with Gasteiger partial charge in [0.25, 0.3) is 5.91 Å². The van der Waals surface area contributed by atoms with Crippen molar-refractivity contribution in [3.63, 3.8) is 0 Å². The van der Waals surface area contributed by atoms with Crippen LogP contribution < -0.4 is 5.32 Å². The van der Waals surface area contributed by atoms with Crippen LogP contribution in [0.15, 0.2) is 34.5 Å². The van der Waals surface area contributed by atoms with Crippen LogP contribution in [0.3, 0.4) is 0 Å². The minimum absolute atomic E-state index is 0.229. The maximum absolute atomic E-state index is 12.6. The molecule has 3 heterocycles. The Kier molecular flexibility index (Phi) is 6.76. The summed E-state index contributed by atoms with van der Waals surface area (Å²) in [5, 5.41) is 5.39. The highest BCUT2D eigenvalue weighted by atomic mass is 32.2. The van der Waals surface area contributed by atoms with E-state index >= 15 is 0 Å². The number of carbonyl (C=O) groups is 1. The average molecular weight is 463 g/mol. The van der Waals surface area contributed by atoms with Crippen LogP contribution >= 0.6 is 11.3 Å². The number of thiazole rings is 1. The minimum atomic E-state index is -3.47. The minimum Gasteiger partial charge on any atom is -0.298 e. The molecule has 2 aliphatic heterocycles. The molecule has 31 heavy (non-hydrogen) atoms. The molecule has 2 unspecified atom stereocenters. The van der Waals surface area contributed by atoms with Crippen molar-refractivity contribution < 1.29 is 13.2 Å². The first-order chi connectivity index (χ1) is 14.8. The number of benzene rings is 1. The van der Waals surface area contributed by atoms with Crippen LogP contribution in [0, 0.1) is 11.8 Å². The van der Waals surface area contributed by atoms with Gasteiger partial charge in [0.15, 0.2) is 5.13 Å². The number of piperidine rings is 1. The lowest BCUT2D eigenvalue weighted by Gasteiger charge is -2.34. The molecule has 1 aromatic heterocycles. The molecule has 168 valence electrons. The molecule has 0 spiro atoms. The van der Waals surface area contributed by atoms with E-state index in [0.717, 1.165) is 38.2 Å². The van der Waals surface area contributed by atoms with Gasteiger partial charge in [0, 0.05) is 43.7 Å². The second kappa shape index (κ2) is 9.36. The normalized spacial score (nSPS) is 23.2. The average Bonchev–Trinajstić information content (AvgIpc) is 3.40. The summed E-state index contributed by atoms with van der Waals surface area (Å²) in [6, 6.07) is 6.13. The Bertz CT molecular complexity index is 1000. The molecule has 2 aliphatic rings. The zero-order valence-corrected chi connectivity index (χ0v) is 19.7. The lowest BCUT2D eigenvalue weighted by molar-refractivity contribution is 0.102. The summed E-state index contributed by atoms with van der Waals surface area (Å²) in [6.07, 6.45) is 3.06. The molecule has 2 aromatic rings. The highest BCUT2D eigenvalue weighted by molar-refractivity contribution is 7.89. The van der Waals surface area contributed by atoms with Crippen LogP contribution in [0.2, 0.25) is 0 Å². The number of nitrogens with zero attached hydrogens (tertiary/aromatic N) is 3. The second-order valence-corrected chi connectivity index (χ2v) is 11.7. The molecule has 2 atom stereocenters. The smallest absolute Gasteiger partial charge is 0.257 e. The Labute approximate surface area is 188 Å². The molecule has 2 fully saturated rings. The van der Waals surface area contributed by atoms with Crippen LogP contribution in [0.5, 0.6) is 0 Å². The lowest BCUT2D eigenvalue weighted by Crippen LogP contribution is -2.38. The predicted octanol–water partition coefficient (Wildman–Crippen LogP) is 3.66. The van der Waals surface area contributed by atoms with Gasteiger partial charge in [-0.3, -0.25) is 15.0 Å². The van der Waals surface area contributed by atoms with E-state index in [1.54, 1.807) is 12.1 Å². The van der Waals surface area contributed by atoms with Crippen molar-refractivity contribution in [3.8, 4) is 0 Å². The number of amides is 1. The molecule has 0 aliphatic carbocycles. The first-order valence-electron chi connectivity index (χ1n) is 10.9. The summed E-state index contributed by atoms with van der Waals surface area (Å²) in [4.78, 5) is 19.8. The van der Waals surface area contributed by atoms with Crippen molar-refractivity contribution in [2.24, 2.45) is 11.8 Å². The summed E-state index contributed by atoms with van der Waals surface area (Å²) in [6.45, 7) is 8.66. The molecule has 1 aromatic carbocycles. The van der Waals surface area contributed by atoms with Gasteiger partial charge in [-0.1, -0.05) is 13.8 Å². The van der Waals surface area contributed by atoms with Crippen molar-refractivity contribution in [3.05, 3.63) is 40.9 Å². The summed E-state index contributed by atoms with van der Waals surface area (Å²) in [7, 11) is -3.47. The van der Waals surface area contributed by atoms with E-state index in [0.29, 0.717) is 35.6 Å². The molecular formula is C22H30N4O3S2. The van der Waals surface area contributed by atoms with Gasteiger partial charge in [-0.15, -0.1) is 11.3 Å².